The summed E-state index contributed by atoms with van der Waals surface area (Å²) >= 11 is 0. The molecule has 0 atom stereocenters. The molecule has 1 aromatic carbocycles. The summed E-state index contributed by atoms with van der Waals surface area (Å²) in [4.78, 5) is 36.7. The molecule has 1 aromatic rings. The minimum absolute atomic E-state index is 0.0522. The van der Waals surface area contributed by atoms with E-state index in [9.17, 15) is 14.4 Å². The first-order valence-corrected chi connectivity index (χ1v) is 7.49. The number of hydrogen-bond acceptors (Lipinski definition) is 3. The predicted molar refractivity (Wildman–Crippen MR) is 89.7 cm³/mol. The quantitative estimate of drug-likeness (QED) is 0.868. The van der Waals surface area contributed by atoms with Crippen molar-refractivity contribution in [3.8, 4) is 0 Å². The average molecular weight is 319 g/mol. The van der Waals surface area contributed by atoms with Crippen LogP contribution in [0.15, 0.2) is 24.3 Å². The van der Waals surface area contributed by atoms with Gasteiger partial charge in [-0.2, -0.15) is 0 Å². The van der Waals surface area contributed by atoms with Gasteiger partial charge in [-0.3, -0.25) is 14.4 Å². The highest BCUT2D eigenvalue weighted by Gasteiger charge is 2.21. The lowest BCUT2D eigenvalue weighted by molar-refractivity contribution is -0.130. The molecule has 0 spiro atoms. The molecule has 0 fully saturated rings. The van der Waals surface area contributed by atoms with Gasteiger partial charge in [0.2, 0.25) is 17.7 Å². The first-order chi connectivity index (χ1) is 10.6. The molecule has 0 saturated heterocycles. The Morgan fingerprint density at radius 1 is 1.13 bits per heavy atom. The van der Waals surface area contributed by atoms with Crippen molar-refractivity contribution >= 4 is 23.4 Å². The number of anilines is 1. The molecule has 0 radical (unpaired) electrons. The Morgan fingerprint density at radius 2 is 1.74 bits per heavy atom. The second-order valence-electron chi connectivity index (χ2n) is 6.51. The van der Waals surface area contributed by atoms with E-state index in [0.29, 0.717) is 12.2 Å². The van der Waals surface area contributed by atoms with Crippen LogP contribution in [0.4, 0.5) is 5.69 Å². The second kappa shape index (κ2) is 7.76. The molecule has 126 valence electrons. The van der Waals surface area contributed by atoms with E-state index < -0.39 is 5.41 Å². The maximum atomic E-state index is 12.0. The number of hydrogen-bond donors (Lipinski definition) is 2. The first-order valence-electron chi connectivity index (χ1n) is 7.49. The molecule has 6 nitrogen and oxygen atoms in total. The molecule has 0 unspecified atom stereocenters. The minimum Gasteiger partial charge on any atom is -0.347 e. The van der Waals surface area contributed by atoms with Crippen LogP contribution in [0.5, 0.6) is 0 Å². The average Bonchev–Trinajstić information content (AvgIpc) is 2.45. The van der Waals surface area contributed by atoms with Crippen molar-refractivity contribution in [1.29, 1.82) is 0 Å². The molecule has 0 bridgehead atoms. The Balaban J connectivity index is 2.68. The standard InChI is InChI=1S/C17H25N3O3/c1-12(21)20(5)11-13-8-6-7-9-14(13)19-15(22)10-18-16(23)17(2,3)4/h6-9H,10-11H2,1-5H3,(H,18,23)(H,19,22). The van der Waals surface area contributed by atoms with Gasteiger partial charge in [-0.25, -0.2) is 0 Å². The van der Waals surface area contributed by atoms with Crippen molar-refractivity contribution < 1.29 is 14.4 Å². The first kappa shape index (κ1) is 18.7. The summed E-state index contributed by atoms with van der Waals surface area (Å²) in [5, 5.41) is 5.38. The zero-order valence-corrected chi connectivity index (χ0v) is 14.4. The van der Waals surface area contributed by atoms with Gasteiger partial charge in [0.05, 0.1) is 6.54 Å². The largest absolute Gasteiger partial charge is 0.347 e. The highest BCUT2D eigenvalue weighted by atomic mass is 16.2. The van der Waals surface area contributed by atoms with Crippen LogP contribution in [0.2, 0.25) is 0 Å². The van der Waals surface area contributed by atoms with Crippen LogP contribution >= 0.6 is 0 Å². The Labute approximate surface area is 137 Å². The highest BCUT2D eigenvalue weighted by molar-refractivity contribution is 5.95. The van der Waals surface area contributed by atoms with Gasteiger partial charge in [0.25, 0.3) is 0 Å². The summed E-state index contributed by atoms with van der Waals surface area (Å²) in [6.45, 7) is 7.16. The van der Waals surface area contributed by atoms with Crippen LogP contribution < -0.4 is 10.6 Å². The van der Waals surface area contributed by atoms with Crippen LogP contribution in [-0.4, -0.2) is 36.2 Å². The van der Waals surface area contributed by atoms with E-state index in [1.54, 1.807) is 44.9 Å². The van der Waals surface area contributed by atoms with E-state index >= 15 is 0 Å². The van der Waals surface area contributed by atoms with Crippen LogP contribution in [0.1, 0.15) is 33.3 Å². The second-order valence-corrected chi connectivity index (χ2v) is 6.51. The van der Waals surface area contributed by atoms with Gasteiger partial charge in [0.1, 0.15) is 0 Å². The lowest BCUT2D eigenvalue weighted by atomic mass is 9.96. The Hall–Kier alpha value is -2.37. The highest BCUT2D eigenvalue weighted by Crippen LogP contribution is 2.17. The van der Waals surface area contributed by atoms with Gasteiger partial charge in [-0.15, -0.1) is 0 Å². The number of carbonyl (C=O) groups is 3. The number of amides is 3. The van der Waals surface area contributed by atoms with E-state index in [1.807, 2.05) is 12.1 Å². The number of benzene rings is 1. The third-order valence-corrected chi connectivity index (χ3v) is 3.33. The smallest absolute Gasteiger partial charge is 0.243 e. The van der Waals surface area contributed by atoms with Gasteiger partial charge in [-0.1, -0.05) is 39.0 Å². The van der Waals surface area contributed by atoms with Crippen molar-refractivity contribution in [1.82, 2.24) is 10.2 Å². The number of carbonyl (C=O) groups excluding carboxylic acids is 3. The molecule has 23 heavy (non-hydrogen) atoms. The van der Waals surface area contributed by atoms with Gasteiger partial charge >= 0.3 is 0 Å². The summed E-state index contributed by atoms with van der Waals surface area (Å²) < 4.78 is 0. The van der Waals surface area contributed by atoms with Gasteiger partial charge in [-0.05, 0) is 11.6 Å². The lowest BCUT2D eigenvalue weighted by Gasteiger charge is -2.19. The maximum absolute atomic E-state index is 12.0. The molecule has 1 rings (SSSR count). The van der Waals surface area contributed by atoms with Crippen LogP contribution in [0.3, 0.4) is 0 Å². The van der Waals surface area contributed by atoms with Gasteiger partial charge in [0.15, 0.2) is 0 Å². The fourth-order valence-electron chi connectivity index (χ4n) is 1.77. The number of para-hydroxylation sites is 1. The number of rotatable bonds is 5. The molecule has 0 heterocycles. The molecule has 0 saturated carbocycles. The van der Waals surface area contributed by atoms with Crippen molar-refractivity contribution in [3.63, 3.8) is 0 Å². The summed E-state index contributed by atoms with van der Waals surface area (Å²) in [7, 11) is 1.70. The molecule has 3 amide bonds. The fourth-order valence-corrected chi connectivity index (χ4v) is 1.77. The van der Waals surface area contributed by atoms with Crippen molar-refractivity contribution in [2.75, 3.05) is 18.9 Å². The Morgan fingerprint density at radius 3 is 2.30 bits per heavy atom. The SMILES string of the molecule is CC(=O)N(C)Cc1ccccc1NC(=O)CNC(=O)C(C)(C)C. The van der Waals surface area contributed by atoms with E-state index in [2.05, 4.69) is 10.6 Å². The van der Waals surface area contributed by atoms with Crippen LogP contribution in [0.25, 0.3) is 0 Å². The molecule has 0 aromatic heterocycles. The van der Waals surface area contributed by atoms with E-state index in [-0.39, 0.29) is 24.3 Å². The van der Waals surface area contributed by atoms with Gasteiger partial charge in [0, 0.05) is 31.6 Å². The molecule has 0 aliphatic heterocycles. The Kier molecular flexibility index (Phi) is 6.30. The van der Waals surface area contributed by atoms with Gasteiger partial charge < -0.3 is 15.5 Å². The summed E-state index contributed by atoms with van der Waals surface area (Å²) in [6, 6.07) is 7.27. The normalized spacial score (nSPS) is 10.8. The Bertz CT molecular complexity index is 591. The lowest BCUT2D eigenvalue weighted by Crippen LogP contribution is -2.39. The number of nitrogens with zero attached hydrogens (tertiary/aromatic N) is 1. The van der Waals surface area contributed by atoms with Crippen LogP contribution in [0, 0.1) is 5.41 Å². The summed E-state index contributed by atoms with van der Waals surface area (Å²) in [5.74, 6) is -0.540. The van der Waals surface area contributed by atoms with Crippen molar-refractivity contribution in [2.24, 2.45) is 5.41 Å². The minimum atomic E-state index is -0.539. The summed E-state index contributed by atoms with van der Waals surface area (Å²) in [5.41, 5.74) is 0.930. The number of nitrogens with one attached hydrogen (secondary N) is 2. The fraction of sp³-hybridized carbons (Fsp3) is 0.471. The molecule has 0 aliphatic carbocycles. The third kappa shape index (κ3) is 6.10. The van der Waals surface area contributed by atoms with E-state index in [1.165, 1.54) is 6.92 Å². The van der Waals surface area contributed by atoms with E-state index in [0.717, 1.165) is 5.56 Å². The zero-order valence-electron chi connectivity index (χ0n) is 14.4. The topological polar surface area (TPSA) is 78.5 Å². The van der Waals surface area contributed by atoms with Crippen molar-refractivity contribution in [3.05, 3.63) is 29.8 Å². The third-order valence-electron chi connectivity index (χ3n) is 3.33. The van der Waals surface area contributed by atoms with E-state index in [4.69, 9.17) is 0 Å². The maximum Gasteiger partial charge on any atom is 0.243 e. The molecule has 2 N–H and O–H groups in total. The molecule has 6 heteroatoms. The molecular weight excluding hydrogens is 294 g/mol. The predicted octanol–water partition coefficient (Wildman–Crippen LogP) is 1.77. The van der Waals surface area contributed by atoms with Crippen molar-refractivity contribution in [2.45, 2.75) is 34.2 Å². The van der Waals surface area contributed by atoms with Crippen LogP contribution in [-0.2, 0) is 20.9 Å². The summed E-state index contributed by atoms with van der Waals surface area (Å²) in [6.07, 6.45) is 0. The zero-order chi connectivity index (χ0) is 17.6. The monoisotopic (exact) mass is 319 g/mol. The molecule has 0 aliphatic rings. The molecular formula is C17H25N3O3.